The van der Waals surface area contributed by atoms with Crippen molar-refractivity contribution in [3.05, 3.63) is 11.4 Å². The van der Waals surface area contributed by atoms with Gasteiger partial charge in [0.25, 0.3) is 0 Å². The summed E-state index contributed by atoms with van der Waals surface area (Å²) < 4.78 is 8.26. The van der Waals surface area contributed by atoms with Crippen LogP contribution in [0.25, 0.3) is 0 Å². The fourth-order valence-corrected chi connectivity index (χ4v) is 2.49. The van der Waals surface area contributed by atoms with Crippen molar-refractivity contribution in [2.45, 2.75) is 26.5 Å². The lowest BCUT2D eigenvalue weighted by Crippen LogP contribution is -2.28. The van der Waals surface area contributed by atoms with Gasteiger partial charge in [-0.1, -0.05) is 13.8 Å². The fourth-order valence-electron chi connectivity index (χ4n) is 0.990. The molecule has 1 rings (SSSR count). The maximum Gasteiger partial charge on any atom is 0.230 e. The van der Waals surface area contributed by atoms with Crippen LogP contribution in [0.5, 0.6) is 0 Å². The van der Waals surface area contributed by atoms with Gasteiger partial charge in [-0.2, -0.15) is 8.75 Å². The number of carbonyl (C=O) groups excluding carboxylic acids is 1. The van der Waals surface area contributed by atoms with Gasteiger partial charge >= 0.3 is 0 Å². The van der Waals surface area contributed by atoms with Crippen LogP contribution in [0.15, 0.2) is 0 Å². The molecular formula is C10H17N3OS2. The number of nitrogens with zero attached hydrogens (tertiary/aromatic N) is 2. The molecule has 16 heavy (non-hydrogen) atoms. The summed E-state index contributed by atoms with van der Waals surface area (Å²) in [6.45, 7) is 6.85. The summed E-state index contributed by atoms with van der Waals surface area (Å²) in [5.74, 6) is 1.85. The van der Waals surface area contributed by atoms with Gasteiger partial charge in [0.1, 0.15) is 0 Å². The van der Waals surface area contributed by atoms with Crippen molar-refractivity contribution >= 4 is 29.4 Å². The maximum atomic E-state index is 11.4. The Labute approximate surface area is 105 Å². The predicted octanol–water partition coefficient (Wildman–Crippen LogP) is 1.85. The van der Waals surface area contributed by atoms with Crippen molar-refractivity contribution in [3.63, 3.8) is 0 Å². The number of aromatic nitrogens is 2. The number of hydrogen-bond acceptors (Lipinski definition) is 5. The molecular weight excluding hydrogens is 242 g/mol. The number of nitrogens with one attached hydrogen (secondary N) is 1. The van der Waals surface area contributed by atoms with E-state index in [1.807, 2.05) is 6.92 Å². The van der Waals surface area contributed by atoms with Crippen LogP contribution in [0, 0.1) is 12.8 Å². The topological polar surface area (TPSA) is 54.9 Å². The van der Waals surface area contributed by atoms with E-state index in [2.05, 4.69) is 27.9 Å². The van der Waals surface area contributed by atoms with Crippen LogP contribution >= 0.6 is 23.5 Å². The van der Waals surface area contributed by atoms with Crippen LogP contribution in [0.4, 0.5) is 0 Å². The summed E-state index contributed by atoms with van der Waals surface area (Å²) in [6, 6.07) is 0. The van der Waals surface area contributed by atoms with Crippen LogP contribution in [0.3, 0.4) is 0 Å². The molecule has 6 heteroatoms. The third kappa shape index (κ3) is 4.94. The lowest BCUT2D eigenvalue weighted by Gasteiger charge is -2.06. The van der Waals surface area contributed by atoms with Gasteiger partial charge < -0.3 is 5.32 Å². The SMILES string of the molecule is Cc1nsnc1CSCC(=O)NCC(C)C. The Morgan fingerprint density at radius 1 is 1.50 bits per heavy atom. The van der Waals surface area contributed by atoms with Crippen LogP contribution in [0.2, 0.25) is 0 Å². The largest absolute Gasteiger partial charge is 0.355 e. The summed E-state index contributed by atoms with van der Waals surface area (Å²) in [6.07, 6.45) is 0. The number of thioether (sulfide) groups is 1. The lowest BCUT2D eigenvalue weighted by molar-refractivity contribution is -0.118. The van der Waals surface area contributed by atoms with Crippen molar-refractivity contribution < 1.29 is 4.79 Å². The highest BCUT2D eigenvalue weighted by molar-refractivity contribution is 7.99. The summed E-state index contributed by atoms with van der Waals surface area (Å²) in [5, 5.41) is 2.88. The monoisotopic (exact) mass is 259 g/mol. The number of rotatable bonds is 6. The first-order valence-electron chi connectivity index (χ1n) is 5.22. The molecule has 0 radical (unpaired) electrons. The average molecular weight is 259 g/mol. The number of carbonyl (C=O) groups is 1. The third-order valence-electron chi connectivity index (χ3n) is 1.93. The van der Waals surface area contributed by atoms with Crippen molar-refractivity contribution in [1.29, 1.82) is 0 Å². The predicted molar refractivity (Wildman–Crippen MR) is 68.7 cm³/mol. The second kappa shape index (κ2) is 6.85. The fraction of sp³-hybridized carbons (Fsp3) is 0.700. The van der Waals surface area contributed by atoms with Gasteiger partial charge in [-0.25, -0.2) is 0 Å². The number of amides is 1. The summed E-state index contributed by atoms with van der Waals surface area (Å²) in [5.41, 5.74) is 1.96. The minimum absolute atomic E-state index is 0.0968. The molecule has 0 atom stereocenters. The quantitative estimate of drug-likeness (QED) is 0.847. The van der Waals surface area contributed by atoms with E-state index in [4.69, 9.17) is 0 Å². The van der Waals surface area contributed by atoms with Gasteiger partial charge in [0.15, 0.2) is 0 Å². The van der Waals surface area contributed by atoms with E-state index in [9.17, 15) is 4.79 Å². The first kappa shape index (κ1) is 13.4. The smallest absolute Gasteiger partial charge is 0.230 e. The van der Waals surface area contributed by atoms with Crippen LogP contribution < -0.4 is 5.32 Å². The van der Waals surface area contributed by atoms with Crippen molar-refractivity contribution in [2.75, 3.05) is 12.3 Å². The summed E-state index contributed by atoms with van der Waals surface area (Å²) >= 11 is 2.80. The number of aryl methyl sites for hydroxylation is 1. The maximum absolute atomic E-state index is 11.4. The Hall–Kier alpha value is -0.620. The van der Waals surface area contributed by atoms with Crippen molar-refractivity contribution in [1.82, 2.24) is 14.1 Å². The Bertz CT molecular complexity index is 339. The molecule has 0 fully saturated rings. The standard InChI is InChI=1S/C10H17N3OS2/c1-7(2)4-11-10(14)6-15-5-9-8(3)12-16-13-9/h7H,4-6H2,1-3H3,(H,11,14). The van der Waals surface area contributed by atoms with Crippen molar-refractivity contribution in [2.24, 2.45) is 5.92 Å². The highest BCUT2D eigenvalue weighted by atomic mass is 32.2. The molecule has 1 aromatic heterocycles. The van der Waals surface area contributed by atoms with E-state index in [1.165, 1.54) is 11.7 Å². The molecule has 0 aliphatic rings. The van der Waals surface area contributed by atoms with Gasteiger partial charge in [-0.3, -0.25) is 4.79 Å². The molecule has 1 amide bonds. The normalized spacial score (nSPS) is 10.8. The molecule has 90 valence electrons. The minimum Gasteiger partial charge on any atom is -0.355 e. The molecule has 0 spiro atoms. The van der Waals surface area contributed by atoms with Gasteiger partial charge in [0.05, 0.1) is 28.9 Å². The molecule has 4 nitrogen and oxygen atoms in total. The molecule has 0 saturated heterocycles. The Balaban J connectivity index is 2.16. The Morgan fingerprint density at radius 2 is 2.25 bits per heavy atom. The van der Waals surface area contributed by atoms with E-state index in [-0.39, 0.29) is 5.91 Å². The minimum atomic E-state index is 0.0968. The molecule has 0 aliphatic carbocycles. The first-order valence-corrected chi connectivity index (χ1v) is 7.10. The van der Waals surface area contributed by atoms with Gasteiger partial charge in [-0.15, -0.1) is 11.8 Å². The Kier molecular flexibility index (Phi) is 5.76. The summed E-state index contributed by atoms with van der Waals surface area (Å²) in [7, 11) is 0. The summed E-state index contributed by atoms with van der Waals surface area (Å²) in [4.78, 5) is 11.4. The van der Waals surface area contributed by atoms with Gasteiger partial charge in [-0.05, 0) is 12.8 Å². The van der Waals surface area contributed by atoms with Crippen LogP contribution in [-0.4, -0.2) is 27.0 Å². The van der Waals surface area contributed by atoms with Crippen LogP contribution in [0.1, 0.15) is 25.2 Å². The molecule has 1 heterocycles. The van der Waals surface area contributed by atoms with E-state index in [1.54, 1.807) is 11.8 Å². The van der Waals surface area contributed by atoms with Gasteiger partial charge in [0.2, 0.25) is 5.91 Å². The molecule has 0 aromatic carbocycles. The van der Waals surface area contributed by atoms with Crippen LogP contribution in [-0.2, 0) is 10.5 Å². The molecule has 1 aromatic rings. The molecule has 0 unspecified atom stereocenters. The van der Waals surface area contributed by atoms with E-state index in [0.29, 0.717) is 11.7 Å². The molecule has 0 bridgehead atoms. The third-order valence-corrected chi connectivity index (χ3v) is 3.53. The lowest BCUT2D eigenvalue weighted by atomic mass is 10.2. The van der Waals surface area contributed by atoms with Crippen molar-refractivity contribution in [3.8, 4) is 0 Å². The number of hydrogen-bond donors (Lipinski definition) is 1. The van der Waals surface area contributed by atoms with E-state index in [0.717, 1.165) is 23.7 Å². The van der Waals surface area contributed by atoms with Gasteiger partial charge in [0, 0.05) is 12.3 Å². The average Bonchev–Trinajstić information content (AvgIpc) is 2.61. The zero-order valence-electron chi connectivity index (χ0n) is 9.82. The molecule has 0 saturated carbocycles. The highest BCUT2D eigenvalue weighted by Gasteiger charge is 2.06. The molecule has 1 N–H and O–H groups in total. The second-order valence-electron chi connectivity index (χ2n) is 3.99. The second-order valence-corrected chi connectivity index (χ2v) is 5.50. The Morgan fingerprint density at radius 3 is 2.81 bits per heavy atom. The molecule has 0 aliphatic heterocycles. The van der Waals surface area contributed by atoms with E-state index < -0.39 is 0 Å². The first-order chi connectivity index (χ1) is 7.59. The zero-order valence-corrected chi connectivity index (χ0v) is 11.5. The zero-order chi connectivity index (χ0) is 12.0. The van der Waals surface area contributed by atoms with E-state index >= 15 is 0 Å². The highest BCUT2D eigenvalue weighted by Crippen LogP contribution is 2.13.